The molecular formula is C21H21N3O2. The largest absolute Gasteiger partial charge is 0.480 e. The monoisotopic (exact) mass is 347 g/mol. The summed E-state index contributed by atoms with van der Waals surface area (Å²) in [7, 11) is 0. The number of likely N-dealkylation sites (tertiary alicyclic amines) is 1. The smallest absolute Gasteiger partial charge is 0.320 e. The molecule has 1 N–H and O–H groups in total. The Morgan fingerprint density at radius 1 is 1.19 bits per heavy atom. The van der Waals surface area contributed by atoms with Gasteiger partial charge in [0.15, 0.2) is 0 Å². The highest BCUT2D eigenvalue weighted by Gasteiger charge is 2.37. The summed E-state index contributed by atoms with van der Waals surface area (Å²) in [4.78, 5) is 22.6. The average Bonchev–Trinajstić information content (AvgIpc) is 3.13. The zero-order chi connectivity index (χ0) is 18.1. The molecule has 132 valence electrons. The van der Waals surface area contributed by atoms with Crippen LogP contribution in [0.2, 0.25) is 0 Å². The van der Waals surface area contributed by atoms with Crippen LogP contribution in [-0.2, 0) is 4.79 Å². The molecule has 0 amide bonds. The molecule has 4 rings (SSSR count). The van der Waals surface area contributed by atoms with Crippen molar-refractivity contribution in [1.29, 1.82) is 0 Å². The molecule has 1 fully saturated rings. The number of aromatic nitrogens is 2. The second kappa shape index (κ2) is 6.84. The molecule has 5 heteroatoms. The molecule has 26 heavy (non-hydrogen) atoms. The van der Waals surface area contributed by atoms with Gasteiger partial charge in [-0.25, -0.2) is 0 Å². The van der Waals surface area contributed by atoms with E-state index in [4.69, 9.17) is 0 Å². The molecule has 0 aliphatic carbocycles. The summed E-state index contributed by atoms with van der Waals surface area (Å²) in [6.07, 6.45) is 7.03. The highest BCUT2D eigenvalue weighted by molar-refractivity contribution is 5.82. The van der Waals surface area contributed by atoms with Gasteiger partial charge in [-0.15, -0.1) is 0 Å². The predicted octanol–water partition coefficient (Wildman–Crippen LogP) is 3.58. The molecule has 2 unspecified atom stereocenters. The Balaban J connectivity index is 1.83. The highest BCUT2D eigenvalue weighted by Crippen LogP contribution is 2.35. The third-order valence-electron chi connectivity index (χ3n) is 5.11. The third-order valence-corrected chi connectivity index (χ3v) is 5.11. The first-order valence-corrected chi connectivity index (χ1v) is 8.88. The van der Waals surface area contributed by atoms with E-state index in [1.54, 1.807) is 6.20 Å². The number of hydrogen-bond donors (Lipinski definition) is 1. The first-order valence-electron chi connectivity index (χ1n) is 8.88. The van der Waals surface area contributed by atoms with E-state index in [0.29, 0.717) is 6.42 Å². The minimum Gasteiger partial charge on any atom is -0.480 e. The number of hydrogen-bond acceptors (Lipinski definition) is 4. The Labute approximate surface area is 152 Å². The van der Waals surface area contributed by atoms with Gasteiger partial charge >= 0.3 is 5.97 Å². The molecule has 1 aliphatic heterocycles. The second-order valence-corrected chi connectivity index (χ2v) is 6.88. The zero-order valence-corrected chi connectivity index (χ0v) is 14.7. The van der Waals surface area contributed by atoms with Gasteiger partial charge in [-0.2, -0.15) is 0 Å². The quantitative estimate of drug-likeness (QED) is 0.781. The van der Waals surface area contributed by atoms with E-state index in [1.165, 1.54) is 0 Å². The van der Waals surface area contributed by atoms with Crippen molar-refractivity contribution in [1.82, 2.24) is 14.9 Å². The van der Waals surface area contributed by atoms with Crippen molar-refractivity contribution in [3.8, 4) is 0 Å². The van der Waals surface area contributed by atoms with Crippen LogP contribution in [-0.4, -0.2) is 38.5 Å². The van der Waals surface area contributed by atoms with Crippen LogP contribution in [0.25, 0.3) is 10.8 Å². The van der Waals surface area contributed by atoms with E-state index in [2.05, 4.69) is 27.0 Å². The van der Waals surface area contributed by atoms with Crippen molar-refractivity contribution in [3.63, 3.8) is 0 Å². The molecule has 2 aromatic heterocycles. The Kier molecular flexibility index (Phi) is 4.39. The standard InChI is InChI=1S/C21H21N3O2/c1-14-4-7-18(23-12-14)20(24-10-2-3-19(24)21(25)26)16-5-6-17-13-22-9-8-15(17)11-16/h4-9,11-13,19-20H,2-3,10H2,1H3,(H,25,26). The number of carbonyl (C=O) groups is 1. The molecule has 0 bridgehead atoms. The number of pyridine rings is 2. The normalized spacial score (nSPS) is 18.9. The van der Waals surface area contributed by atoms with Gasteiger partial charge in [-0.3, -0.25) is 19.7 Å². The van der Waals surface area contributed by atoms with Crippen LogP contribution >= 0.6 is 0 Å². The van der Waals surface area contributed by atoms with Crippen LogP contribution in [0.3, 0.4) is 0 Å². The number of nitrogens with zero attached hydrogens (tertiary/aromatic N) is 3. The molecular weight excluding hydrogens is 326 g/mol. The zero-order valence-electron chi connectivity index (χ0n) is 14.7. The summed E-state index contributed by atoms with van der Waals surface area (Å²) in [5.74, 6) is -0.760. The maximum atomic E-state index is 11.8. The molecule has 5 nitrogen and oxygen atoms in total. The van der Waals surface area contributed by atoms with Gasteiger partial charge in [0.1, 0.15) is 6.04 Å². The maximum absolute atomic E-state index is 11.8. The molecule has 0 saturated carbocycles. The summed E-state index contributed by atoms with van der Waals surface area (Å²) >= 11 is 0. The van der Waals surface area contributed by atoms with Gasteiger partial charge < -0.3 is 5.11 Å². The van der Waals surface area contributed by atoms with E-state index in [1.807, 2.05) is 43.6 Å². The molecule has 0 spiro atoms. The van der Waals surface area contributed by atoms with Gasteiger partial charge in [0.05, 0.1) is 11.7 Å². The molecule has 1 aliphatic rings. The number of carboxylic acids is 1. The van der Waals surface area contributed by atoms with Crippen LogP contribution in [0.4, 0.5) is 0 Å². The predicted molar refractivity (Wildman–Crippen MR) is 99.9 cm³/mol. The summed E-state index contributed by atoms with van der Waals surface area (Å²) in [6.45, 7) is 2.76. The third kappa shape index (κ3) is 3.06. The Morgan fingerprint density at radius 2 is 2.08 bits per heavy atom. The lowest BCUT2D eigenvalue weighted by Crippen LogP contribution is -2.39. The summed E-state index contributed by atoms with van der Waals surface area (Å²) < 4.78 is 0. The van der Waals surface area contributed by atoms with Gasteiger partial charge in [0.2, 0.25) is 0 Å². The molecule has 3 aromatic rings. The fourth-order valence-electron chi connectivity index (χ4n) is 3.81. The first kappa shape index (κ1) is 16.7. The Morgan fingerprint density at radius 3 is 2.85 bits per heavy atom. The second-order valence-electron chi connectivity index (χ2n) is 6.88. The van der Waals surface area contributed by atoms with Crippen molar-refractivity contribution >= 4 is 16.7 Å². The number of benzene rings is 1. The Bertz CT molecular complexity index is 939. The van der Waals surface area contributed by atoms with E-state index >= 15 is 0 Å². The van der Waals surface area contributed by atoms with Gasteiger partial charge in [-0.1, -0.05) is 18.2 Å². The van der Waals surface area contributed by atoms with Gasteiger partial charge in [-0.05, 0) is 54.5 Å². The summed E-state index contributed by atoms with van der Waals surface area (Å²) in [5, 5.41) is 11.8. The van der Waals surface area contributed by atoms with Crippen molar-refractivity contribution in [3.05, 3.63) is 71.8 Å². The lowest BCUT2D eigenvalue weighted by molar-refractivity contribution is -0.142. The fraction of sp³-hybridized carbons (Fsp3) is 0.286. The lowest BCUT2D eigenvalue weighted by Gasteiger charge is -2.31. The van der Waals surface area contributed by atoms with Crippen molar-refractivity contribution in [2.45, 2.75) is 31.8 Å². The van der Waals surface area contributed by atoms with Gasteiger partial charge in [0.25, 0.3) is 0 Å². The SMILES string of the molecule is Cc1ccc(C(c2ccc3cnccc3c2)N2CCCC2C(=O)O)nc1. The topological polar surface area (TPSA) is 66.3 Å². The molecule has 0 radical (unpaired) electrons. The number of aryl methyl sites for hydroxylation is 1. The molecule has 2 atom stereocenters. The van der Waals surface area contributed by atoms with Crippen molar-refractivity contribution in [2.75, 3.05) is 6.54 Å². The minimum absolute atomic E-state index is 0.170. The van der Waals surface area contributed by atoms with Crippen molar-refractivity contribution < 1.29 is 9.90 Å². The van der Waals surface area contributed by atoms with Crippen LogP contribution < -0.4 is 0 Å². The number of rotatable bonds is 4. The van der Waals surface area contributed by atoms with Crippen LogP contribution in [0, 0.1) is 6.92 Å². The van der Waals surface area contributed by atoms with E-state index in [0.717, 1.165) is 40.6 Å². The number of carboxylic acid groups (broad SMARTS) is 1. The van der Waals surface area contributed by atoms with Crippen LogP contribution in [0.15, 0.2) is 55.0 Å². The molecule has 1 aromatic carbocycles. The van der Waals surface area contributed by atoms with Gasteiger partial charge in [0, 0.05) is 30.5 Å². The Hall–Kier alpha value is -2.79. The molecule has 3 heterocycles. The minimum atomic E-state index is -0.760. The average molecular weight is 347 g/mol. The van der Waals surface area contributed by atoms with E-state index in [9.17, 15) is 9.90 Å². The lowest BCUT2D eigenvalue weighted by atomic mass is 9.97. The van der Waals surface area contributed by atoms with E-state index in [-0.39, 0.29) is 6.04 Å². The first-order chi connectivity index (χ1) is 12.6. The summed E-state index contributed by atoms with van der Waals surface area (Å²) in [6, 6.07) is 11.6. The highest BCUT2D eigenvalue weighted by atomic mass is 16.4. The van der Waals surface area contributed by atoms with Crippen molar-refractivity contribution in [2.24, 2.45) is 0 Å². The maximum Gasteiger partial charge on any atom is 0.320 e. The summed E-state index contributed by atoms with van der Waals surface area (Å²) in [5.41, 5.74) is 3.04. The van der Waals surface area contributed by atoms with Crippen LogP contribution in [0.1, 0.15) is 35.7 Å². The van der Waals surface area contributed by atoms with E-state index < -0.39 is 12.0 Å². The molecule has 1 saturated heterocycles. The fourth-order valence-corrected chi connectivity index (χ4v) is 3.81. The number of fused-ring (bicyclic) bond motifs is 1. The number of aliphatic carboxylic acids is 1. The van der Waals surface area contributed by atoms with Crippen LogP contribution in [0.5, 0.6) is 0 Å².